The molecule has 1 N–H and O–H groups in total. The van der Waals surface area contributed by atoms with Gasteiger partial charge in [-0.15, -0.1) is 6.58 Å². The third-order valence-electron chi connectivity index (χ3n) is 2.62. The molecule has 82 valence electrons. The smallest absolute Gasteiger partial charge is 0.0408 e. The van der Waals surface area contributed by atoms with E-state index in [1.807, 2.05) is 25.3 Å². The Labute approximate surface area is 97.1 Å². The topological polar surface area (TPSA) is 12.0 Å². The van der Waals surface area contributed by atoms with Crippen LogP contribution >= 0.6 is 11.6 Å². The fourth-order valence-electron chi connectivity index (χ4n) is 1.77. The van der Waals surface area contributed by atoms with Crippen molar-refractivity contribution in [3.8, 4) is 0 Å². The van der Waals surface area contributed by atoms with Crippen molar-refractivity contribution in [3.05, 3.63) is 47.0 Å². The fraction of sp³-hybridized carbons (Fsp3) is 0.385. The van der Waals surface area contributed by atoms with Crippen LogP contribution < -0.4 is 5.32 Å². The van der Waals surface area contributed by atoms with Crippen LogP contribution in [0.3, 0.4) is 0 Å². The summed E-state index contributed by atoms with van der Waals surface area (Å²) in [5, 5.41) is 4.12. The zero-order valence-corrected chi connectivity index (χ0v) is 10.1. The van der Waals surface area contributed by atoms with Crippen LogP contribution in [0.1, 0.15) is 30.0 Å². The fourth-order valence-corrected chi connectivity index (χ4v) is 2.00. The molecule has 1 unspecified atom stereocenters. The lowest BCUT2D eigenvalue weighted by atomic mass is 9.98. The Kier molecular flexibility index (Phi) is 4.86. The van der Waals surface area contributed by atoms with Crippen molar-refractivity contribution < 1.29 is 0 Å². The van der Waals surface area contributed by atoms with Crippen molar-refractivity contribution in [2.75, 3.05) is 7.05 Å². The number of aryl methyl sites for hydroxylation is 1. The molecule has 1 rings (SSSR count). The molecule has 0 saturated heterocycles. The maximum Gasteiger partial charge on any atom is 0.0408 e. The van der Waals surface area contributed by atoms with E-state index in [0.29, 0.717) is 6.04 Å². The average molecular weight is 224 g/mol. The monoisotopic (exact) mass is 223 g/mol. The minimum absolute atomic E-state index is 0.389. The number of rotatable bonds is 5. The number of hydrogen-bond donors (Lipinski definition) is 1. The van der Waals surface area contributed by atoms with Gasteiger partial charge in [-0.1, -0.05) is 23.7 Å². The van der Waals surface area contributed by atoms with Gasteiger partial charge < -0.3 is 5.32 Å². The molecule has 0 radical (unpaired) electrons. The van der Waals surface area contributed by atoms with Gasteiger partial charge in [0.25, 0.3) is 0 Å². The summed E-state index contributed by atoms with van der Waals surface area (Å²) >= 11 is 5.93. The lowest BCUT2D eigenvalue weighted by Gasteiger charge is -2.18. The lowest BCUT2D eigenvalue weighted by Crippen LogP contribution is -2.17. The highest BCUT2D eigenvalue weighted by molar-refractivity contribution is 6.30. The molecule has 0 aliphatic rings. The molecule has 0 aromatic heterocycles. The maximum atomic E-state index is 5.93. The first-order valence-corrected chi connectivity index (χ1v) is 5.61. The van der Waals surface area contributed by atoms with Gasteiger partial charge in [0.1, 0.15) is 0 Å². The van der Waals surface area contributed by atoms with Gasteiger partial charge in [-0.3, -0.25) is 0 Å². The van der Waals surface area contributed by atoms with Gasteiger partial charge in [0, 0.05) is 11.1 Å². The molecule has 0 bridgehead atoms. The van der Waals surface area contributed by atoms with Crippen molar-refractivity contribution in [2.24, 2.45) is 0 Å². The summed E-state index contributed by atoms with van der Waals surface area (Å²) in [6.45, 7) is 5.84. The van der Waals surface area contributed by atoms with Crippen molar-refractivity contribution in [2.45, 2.75) is 25.8 Å². The number of allylic oxidation sites excluding steroid dienone is 1. The van der Waals surface area contributed by atoms with Crippen LogP contribution in [0.2, 0.25) is 5.02 Å². The molecule has 1 aromatic rings. The predicted molar refractivity (Wildman–Crippen MR) is 67.4 cm³/mol. The molecule has 1 nitrogen and oxygen atoms in total. The Hall–Kier alpha value is -0.790. The van der Waals surface area contributed by atoms with Crippen LogP contribution in [0.4, 0.5) is 0 Å². The molecule has 1 aromatic carbocycles. The van der Waals surface area contributed by atoms with E-state index in [1.165, 1.54) is 11.1 Å². The van der Waals surface area contributed by atoms with Crippen molar-refractivity contribution in [3.63, 3.8) is 0 Å². The zero-order chi connectivity index (χ0) is 11.3. The van der Waals surface area contributed by atoms with E-state index in [4.69, 9.17) is 11.6 Å². The van der Waals surface area contributed by atoms with E-state index in [9.17, 15) is 0 Å². The standard InChI is InChI=1S/C13H18ClN/c1-4-5-6-13(15-3)12-8-7-11(14)9-10(12)2/h4,7-9,13,15H,1,5-6H2,2-3H3. The highest BCUT2D eigenvalue weighted by atomic mass is 35.5. The van der Waals surface area contributed by atoms with E-state index in [-0.39, 0.29) is 0 Å². The quantitative estimate of drug-likeness (QED) is 0.748. The summed E-state index contributed by atoms with van der Waals surface area (Å²) in [4.78, 5) is 0. The summed E-state index contributed by atoms with van der Waals surface area (Å²) in [5.41, 5.74) is 2.56. The van der Waals surface area contributed by atoms with Crippen molar-refractivity contribution >= 4 is 11.6 Å². The van der Waals surface area contributed by atoms with E-state index < -0.39 is 0 Å². The van der Waals surface area contributed by atoms with Crippen LogP contribution in [-0.4, -0.2) is 7.05 Å². The summed E-state index contributed by atoms with van der Waals surface area (Å²) in [6.07, 6.45) is 4.05. The second-order valence-electron chi connectivity index (χ2n) is 3.71. The Bertz CT molecular complexity index is 333. The highest BCUT2D eigenvalue weighted by Gasteiger charge is 2.10. The second-order valence-corrected chi connectivity index (χ2v) is 4.14. The van der Waals surface area contributed by atoms with Crippen LogP contribution in [0, 0.1) is 6.92 Å². The van der Waals surface area contributed by atoms with Crippen LogP contribution in [0.25, 0.3) is 0 Å². The number of halogens is 1. The summed E-state index contributed by atoms with van der Waals surface area (Å²) < 4.78 is 0. The zero-order valence-electron chi connectivity index (χ0n) is 9.39. The molecule has 0 fully saturated rings. The maximum absolute atomic E-state index is 5.93. The van der Waals surface area contributed by atoms with Gasteiger partial charge in [0.05, 0.1) is 0 Å². The summed E-state index contributed by atoms with van der Waals surface area (Å²) in [5.74, 6) is 0. The number of benzene rings is 1. The van der Waals surface area contributed by atoms with Gasteiger partial charge in [0.15, 0.2) is 0 Å². The average Bonchev–Trinajstić information content (AvgIpc) is 2.21. The highest BCUT2D eigenvalue weighted by Crippen LogP contribution is 2.24. The molecule has 0 saturated carbocycles. The van der Waals surface area contributed by atoms with E-state index >= 15 is 0 Å². The van der Waals surface area contributed by atoms with E-state index in [2.05, 4.69) is 24.9 Å². The first kappa shape index (κ1) is 12.3. The lowest BCUT2D eigenvalue weighted by molar-refractivity contribution is 0.552. The minimum atomic E-state index is 0.389. The SMILES string of the molecule is C=CCCC(NC)c1ccc(Cl)cc1C. The van der Waals surface area contributed by atoms with Gasteiger partial charge in [0.2, 0.25) is 0 Å². The molecule has 0 aliphatic carbocycles. The van der Waals surface area contributed by atoms with Crippen LogP contribution in [0.15, 0.2) is 30.9 Å². The Morgan fingerprint density at radius 2 is 2.27 bits per heavy atom. The van der Waals surface area contributed by atoms with Gasteiger partial charge in [-0.05, 0) is 50.1 Å². The van der Waals surface area contributed by atoms with E-state index in [0.717, 1.165) is 17.9 Å². The second kappa shape index (κ2) is 5.94. The van der Waals surface area contributed by atoms with Crippen LogP contribution in [-0.2, 0) is 0 Å². The molecular weight excluding hydrogens is 206 g/mol. The number of nitrogens with one attached hydrogen (secondary N) is 1. The van der Waals surface area contributed by atoms with Crippen LogP contribution in [0.5, 0.6) is 0 Å². The first-order valence-electron chi connectivity index (χ1n) is 5.23. The Morgan fingerprint density at radius 1 is 1.53 bits per heavy atom. The molecule has 0 spiro atoms. The summed E-state index contributed by atoms with van der Waals surface area (Å²) in [6, 6.07) is 6.44. The molecule has 0 heterocycles. The van der Waals surface area contributed by atoms with Gasteiger partial charge in [-0.2, -0.15) is 0 Å². The largest absolute Gasteiger partial charge is 0.313 e. The third-order valence-corrected chi connectivity index (χ3v) is 2.85. The molecular formula is C13H18ClN. The van der Waals surface area contributed by atoms with Gasteiger partial charge >= 0.3 is 0 Å². The molecule has 1 atom stereocenters. The van der Waals surface area contributed by atoms with Crippen molar-refractivity contribution in [1.29, 1.82) is 0 Å². The Balaban J connectivity index is 2.86. The third kappa shape index (κ3) is 3.37. The predicted octanol–water partition coefficient (Wildman–Crippen LogP) is 3.88. The normalized spacial score (nSPS) is 12.5. The molecule has 0 aliphatic heterocycles. The first-order chi connectivity index (χ1) is 7.19. The Morgan fingerprint density at radius 3 is 2.80 bits per heavy atom. The van der Waals surface area contributed by atoms with E-state index in [1.54, 1.807) is 0 Å². The summed E-state index contributed by atoms with van der Waals surface area (Å²) in [7, 11) is 1.99. The number of hydrogen-bond acceptors (Lipinski definition) is 1. The van der Waals surface area contributed by atoms with Gasteiger partial charge in [-0.25, -0.2) is 0 Å². The minimum Gasteiger partial charge on any atom is -0.313 e. The molecule has 0 amide bonds. The molecule has 15 heavy (non-hydrogen) atoms. The van der Waals surface area contributed by atoms with Crippen molar-refractivity contribution in [1.82, 2.24) is 5.32 Å². The molecule has 2 heteroatoms.